The minimum Gasteiger partial charge on any atom is -0.468 e. The topological polar surface area (TPSA) is 44.1 Å². The third-order valence-corrected chi connectivity index (χ3v) is 2.74. The average Bonchev–Trinajstić information content (AvgIpc) is 2.87. The molecule has 1 aromatic carbocycles. The van der Waals surface area contributed by atoms with Gasteiger partial charge in [-0.15, -0.1) is 11.6 Å². The molecule has 0 saturated carbocycles. The molecule has 0 radical (unpaired) electrons. The Kier molecular flexibility index (Phi) is 3.44. The smallest absolute Gasteiger partial charge is 0.329 e. The van der Waals surface area contributed by atoms with Crippen molar-refractivity contribution < 1.29 is 9.53 Å². The van der Waals surface area contributed by atoms with Crippen molar-refractivity contribution in [3.8, 4) is 5.69 Å². The minimum atomic E-state index is -0.859. The number of alkyl halides is 1. The number of hydrogen-bond donors (Lipinski definition) is 0. The predicted molar refractivity (Wildman–Crippen MR) is 64.2 cm³/mol. The number of hydrogen-bond acceptors (Lipinski definition) is 3. The molecule has 0 aliphatic rings. The van der Waals surface area contributed by atoms with Crippen LogP contribution in [0.2, 0.25) is 0 Å². The Morgan fingerprint density at radius 3 is 2.71 bits per heavy atom. The number of rotatable bonds is 3. The number of carbonyl (C=O) groups is 1. The Hall–Kier alpha value is -1.81. The molecular formula is C12H11ClN2O2. The number of ether oxygens (including phenoxy) is 1. The summed E-state index contributed by atoms with van der Waals surface area (Å²) < 4.78 is 6.23. The monoisotopic (exact) mass is 250 g/mol. The van der Waals surface area contributed by atoms with Gasteiger partial charge in [-0.1, -0.05) is 18.2 Å². The van der Waals surface area contributed by atoms with Crippen LogP contribution >= 0.6 is 11.6 Å². The lowest BCUT2D eigenvalue weighted by molar-refractivity contribution is -0.140. The third-order valence-electron chi connectivity index (χ3n) is 2.34. The first-order chi connectivity index (χ1) is 8.24. The van der Waals surface area contributed by atoms with E-state index < -0.39 is 11.3 Å². The number of benzene rings is 1. The SMILES string of the molecule is COC(=O)C(Cl)c1ccnn1-c1ccccc1. The number of esters is 1. The first-order valence-electron chi connectivity index (χ1n) is 5.05. The number of carbonyl (C=O) groups excluding carboxylic acids is 1. The third kappa shape index (κ3) is 2.31. The fourth-order valence-electron chi connectivity index (χ4n) is 1.51. The van der Waals surface area contributed by atoms with Gasteiger partial charge in [0.2, 0.25) is 0 Å². The zero-order chi connectivity index (χ0) is 12.3. The highest BCUT2D eigenvalue weighted by molar-refractivity contribution is 6.29. The maximum atomic E-state index is 11.4. The van der Waals surface area contributed by atoms with Crippen LogP contribution in [0.3, 0.4) is 0 Å². The molecule has 2 aromatic rings. The molecule has 0 aliphatic carbocycles. The molecule has 0 fully saturated rings. The van der Waals surface area contributed by atoms with E-state index in [4.69, 9.17) is 11.6 Å². The van der Waals surface area contributed by atoms with Crippen molar-refractivity contribution in [2.45, 2.75) is 5.38 Å². The molecule has 1 heterocycles. The van der Waals surface area contributed by atoms with Crippen LogP contribution in [-0.4, -0.2) is 22.9 Å². The van der Waals surface area contributed by atoms with E-state index >= 15 is 0 Å². The zero-order valence-corrected chi connectivity index (χ0v) is 9.96. The quantitative estimate of drug-likeness (QED) is 0.620. The number of nitrogens with zero attached hydrogens (tertiary/aromatic N) is 2. The second-order valence-corrected chi connectivity index (χ2v) is 3.83. The Bertz CT molecular complexity index is 510. The Labute approximate surface area is 104 Å². The van der Waals surface area contributed by atoms with E-state index in [0.29, 0.717) is 5.69 Å². The number of para-hydroxylation sites is 1. The molecule has 1 atom stereocenters. The van der Waals surface area contributed by atoms with Gasteiger partial charge in [-0.25, -0.2) is 4.68 Å². The van der Waals surface area contributed by atoms with Crippen LogP contribution in [0.5, 0.6) is 0 Å². The lowest BCUT2D eigenvalue weighted by Gasteiger charge is -2.10. The molecule has 0 aliphatic heterocycles. The van der Waals surface area contributed by atoms with Crippen LogP contribution in [-0.2, 0) is 9.53 Å². The lowest BCUT2D eigenvalue weighted by Crippen LogP contribution is -2.13. The van der Waals surface area contributed by atoms with Gasteiger partial charge >= 0.3 is 5.97 Å². The van der Waals surface area contributed by atoms with E-state index in [1.807, 2.05) is 30.3 Å². The average molecular weight is 251 g/mol. The van der Waals surface area contributed by atoms with Gasteiger partial charge in [0, 0.05) is 6.20 Å². The van der Waals surface area contributed by atoms with Gasteiger partial charge in [-0.3, -0.25) is 4.79 Å². The van der Waals surface area contributed by atoms with E-state index in [0.717, 1.165) is 5.69 Å². The molecular weight excluding hydrogens is 240 g/mol. The van der Waals surface area contributed by atoms with Crippen LogP contribution in [0.25, 0.3) is 5.69 Å². The maximum Gasteiger partial charge on any atom is 0.329 e. The standard InChI is InChI=1S/C12H11ClN2O2/c1-17-12(16)11(13)10-7-8-14-15(10)9-5-3-2-4-6-9/h2-8,11H,1H3. The highest BCUT2D eigenvalue weighted by atomic mass is 35.5. The van der Waals surface area contributed by atoms with Gasteiger partial charge in [-0.05, 0) is 18.2 Å². The summed E-state index contributed by atoms with van der Waals surface area (Å²) in [4.78, 5) is 11.4. The molecule has 1 aromatic heterocycles. The molecule has 88 valence electrons. The normalized spacial score (nSPS) is 12.1. The van der Waals surface area contributed by atoms with E-state index in [1.165, 1.54) is 7.11 Å². The molecule has 1 unspecified atom stereocenters. The first-order valence-corrected chi connectivity index (χ1v) is 5.49. The molecule has 2 rings (SSSR count). The molecule has 0 bridgehead atoms. The minimum absolute atomic E-state index is 0.496. The lowest BCUT2D eigenvalue weighted by atomic mass is 10.2. The van der Waals surface area contributed by atoms with Crippen molar-refractivity contribution in [1.29, 1.82) is 0 Å². The van der Waals surface area contributed by atoms with Crippen LogP contribution in [0, 0.1) is 0 Å². The van der Waals surface area contributed by atoms with Crippen molar-refractivity contribution in [3.63, 3.8) is 0 Å². The van der Waals surface area contributed by atoms with E-state index in [1.54, 1.807) is 16.9 Å². The molecule has 0 saturated heterocycles. The number of aromatic nitrogens is 2. The Morgan fingerprint density at radius 2 is 2.06 bits per heavy atom. The van der Waals surface area contributed by atoms with E-state index in [2.05, 4.69) is 9.84 Å². The van der Waals surface area contributed by atoms with Gasteiger partial charge in [0.15, 0.2) is 5.38 Å². The van der Waals surface area contributed by atoms with Crippen LogP contribution in [0.1, 0.15) is 11.1 Å². The molecule has 4 nitrogen and oxygen atoms in total. The van der Waals surface area contributed by atoms with Crippen molar-refractivity contribution in [2.75, 3.05) is 7.11 Å². The van der Waals surface area contributed by atoms with Gasteiger partial charge in [-0.2, -0.15) is 5.10 Å². The summed E-state index contributed by atoms with van der Waals surface area (Å²) in [6, 6.07) is 11.2. The molecule has 0 spiro atoms. The van der Waals surface area contributed by atoms with E-state index in [9.17, 15) is 4.79 Å². The summed E-state index contributed by atoms with van der Waals surface area (Å²) >= 11 is 6.02. The summed E-state index contributed by atoms with van der Waals surface area (Å²) in [5, 5.41) is 3.29. The maximum absolute atomic E-state index is 11.4. The Balaban J connectivity index is 2.39. The summed E-state index contributed by atoms with van der Waals surface area (Å²) in [5.74, 6) is -0.496. The molecule has 5 heteroatoms. The van der Waals surface area contributed by atoms with Crippen LogP contribution in [0.4, 0.5) is 0 Å². The second-order valence-electron chi connectivity index (χ2n) is 3.39. The summed E-state index contributed by atoms with van der Waals surface area (Å²) in [6.07, 6.45) is 1.60. The largest absolute Gasteiger partial charge is 0.468 e. The summed E-state index contributed by atoms with van der Waals surface area (Å²) in [5.41, 5.74) is 1.44. The highest BCUT2D eigenvalue weighted by Crippen LogP contribution is 2.23. The number of halogens is 1. The van der Waals surface area contributed by atoms with Gasteiger partial charge in [0.1, 0.15) is 0 Å². The van der Waals surface area contributed by atoms with E-state index in [-0.39, 0.29) is 0 Å². The van der Waals surface area contributed by atoms with Crippen molar-refractivity contribution in [1.82, 2.24) is 9.78 Å². The second kappa shape index (κ2) is 5.01. The predicted octanol–water partition coefficient (Wildman–Crippen LogP) is 2.33. The van der Waals surface area contributed by atoms with Crippen LogP contribution < -0.4 is 0 Å². The molecule has 0 N–H and O–H groups in total. The van der Waals surface area contributed by atoms with Crippen molar-refractivity contribution in [3.05, 3.63) is 48.3 Å². The fraction of sp³-hybridized carbons (Fsp3) is 0.167. The van der Waals surface area contributed by atoms with Gasteiger partial charge in [0.25, 0.3) is 0 Å². The zero-order valence-electron chi connectivity index (χ0n) is 9.21. The number of methoxy groups -OCH3 is 1. The molecule has 17 heavy (non-hydrogen) atoms. The van der Waals surface area contributed by atoms with Gasteiger partial charge < -0.3 is 4.74 Å². The fourth-order valence-corrected chi connectivity index (χ4v) is 1.77. The Morgan fingerprint density at radius 1 is 1.35 bits per heavy atom. The first kappa shape index (κ1) is 11.7. The highest BCUT2D eigenvalue weighted by Gasteiger charge is 2.22. The van der Waals surface area contributed by atoms with Crippen molar-refractivity contribution >= 4 is 17.6 Å². The summed E-state index contributed by atoms with van der Waals surface area (Å²) in [7, 11) is 1.31. The summed E-state index contributed by atoms with van der Waals surface area (Å²) in [6.45, 7) is 0. The molecule has 0 amide bonds. The van der Waals surface area contributed by atoms with Crippen molar-refractivity contribution in [2.24, 2.45) is 0 Å². The van der Waals surface area contributed by atoms with Gasteiger partial charge in [0.05, 0.1) is 18.5 Å². The van der Waals surface area contributed by atoms with Crippen LogP contribution in [0.15, 0.2) is 42.6 Å².